The first-order valence-corrected chi connectivity index (χ1v) is 8.36. The first-order chi connectivity index (χ1) is 10.3. The lowest BCUT2D eigenvalue weighted by molar-refractivity contribution is -0.0425. The Labute approximate surface area is 133 Å². The Morgan fingerprint density at radius 1 is 1.36 bits per heavy atom. The summed E-state index contributed by atoms with van der Waals surface area (Å²) in [4.78, 5) is 0. The Morgan fingerprint density at radius 3 is 2.73 bits per heavy atom. The number of aliphatic hydroxyl groups excluding tert-OH is 3. The third kappa shape index (κ3) is 2.22. The molecule has 0 aliphatic heterocycles. The highest BCUT2D eigenvalue weighted by Crippen LogP contribution is 2.60. The maximum absolute atomic E-state index is 10.7. The van der Waals surface area contributed by atoms with Crippen LogP contribution in [-0.2, 0) is 0 Å². The zero-order valence-corrected chi connectivity index (χ0v) is 13.5. The van der Waals surface area contributed by atoms with Crippen molar-refractivity contribution < 1.29 is 15.3 Å². The van der Waals surface area contributed by atoms with Crippen LogP contribution in [0.4, 0.5) is 0 Å². The molecule has 3 heteroatoms. The largest absolute Gasteiger partial charge is 0.395 e. The Morgan fingerprint density at radius 2 is 2.09 bits per heavy atom. The van der Waals surface area contributed by atoms with E-state index in [-0.39, 0.29) is 30.0 Å². The summed E-state index contributed by atoms with van der Waals surface area (Å²) in [6.45, 7) is 10.3. The molecule has 3 nitrogen and oxygen atoms in total. The topological polar surface area (TPSA) is 60.7 Å². The molecule has 122 valence electrons. The zero-order valence-electron chi connectivity index (χ0n) is 13.5. The maximum Gasteiger partial charge on any atom is 0.0759 e. The van der Waals surface area contributed by atoms with Crippen molar-refractivity contribution in [2.45, 2.75) is 51.2 Å². The zero-order chi connectivity index (χ0) is 16.1. The van der Waals surface area contributed by atoms with Crippen LogP contribution in [0.15, 0.2) is 36.5 Å². The van der Waals surface area contributed by atoms with Gasteiger partial charge in [-0.2, -0.15) is 0 Å². The van der Waals surface area contributed by atoms with E-state index in [0.717, 1.165) is 30.4 Å². The van der Waals surface area contributed by atoms with Crippen LogP contribution in [0.3, 0.4) is 0 Å². The van der Waals surface area contributed by atoms with Crippen LogP contribution < -0.4 is 0 Å². The van der Waals surface area contributed by atoms with Gasteiger partial charge in [0.1, 0.15) is 0 Å². The molecule has 0 radical (unpaired) electrons. The van der Waals surface area contributed by atoms with E-state index in [9.17, 15) is 15.3 Å². The molecule has 2 fully saturated rings. The van der Waals surface area contributed by atoms with Gasteiger partial charge >= 0.3 is 0 Å². The molecule has 6 unspecified atom stereocenters. The van der Waals surface area contributed by atoms with Crippen LogP contribution in [0, 0.1) is 22.7 Å². The molecule has 0 aromatic heterocycles. The van der Waals surface area contributed by atoms with Crippen molar-refractivity contribution in [2.75, 3.05) is 6.61 Å². The molecule has 0 bridgehead atoms. The summed E-state index contributed by atoms with van der Waals surface area (Å²) >= 11 is 0. The molecular weight excluding hydrogens is 276 g/mol. The molecule has 3 aliphatic rings. The Kier molecular flexibility index (Phi) is 3.87. The predicted octanol–water partition coefficient (Wildman–Crippen LogP) is 2.59. The Balaban J connectivity index is 2.02. The summed E-state index contributed by atoms with van der Waals surface area (Å²) in [6.07, 6.45) is 6.95. The second-order valence-electron chi connectivity index (χ2n) is 7.86. The van der Waals surface area contributed by atoms with Gasteiger partial charge in [0.05, 0.1) is 18.8 Å². The number of fused-ring (bicyclic) bond motifs is 3. The second-order valence-corrected chi connectivity index (χ2v) is 7.86. The van der Waals surface area contributed by atoms with Crippen LogP contribution in [-0.4, -0.2) is 34.1 Å². The van der Waals surface area contributed by atoms with Crippen molar-refractivity contribution in [3.05, 3.63) is 36.5 Å². The standard InChI is InChI=1S/C19H28O3/c1-4-19(11-20)6-5-15-14(10-19)17(22)8-16-12(2)7-13(21)9-18(15,16)3/h4,10,13,15-17,20-22H,1-2,5-9,11H2,3H3. The minimum absolute atomic E-state index is 0.0366. The highest BCUT2D eigenvalue weighted by molar-refractivity contribution is 5.32. The second kappa shape index (κ2) is 5.33. The molecule has 6 atom stereocenters. The van der Waals surface area contributed by atoms with Gasteiger partial charge in [-0.3, -0.25) is 0 Å². The summed E-state index contributed by atoms with van der Waals surface area (Å²) < 4.78 is 0. The van der Waals surface area contributed by atoms with Gasteiger partial charge in [0.15, 0.2) is 0 Å². The van der Waals surface area contributed by atoms with Gasteiger partial charge in [-0.1, -0.05) is 31.2 Å². The molecule has 0 spiro atoms. The van der Waals surface area contributed by atoms with E-state index in [1.807, 2.05) is 6.08 Å². The van der Waals surface area contributed by atoms with Gasteiger partial charge in [0, 0.05) is 5.41 Å². The molecule has 3 rings (SSSR count). The monoisotopic (exact) mass is 304 g/mol. The molecule has 3 aliphatic carbocycles. The quantitative estimate of drug-likeness (QED) is 0.687. The predicted molar refractivity (Wildman–Crippen MR) is 87.1 cm³/mol. The van der Waals surface area contributed by atoms with Crippen LogP contribution >= 0.6 is 0 Å². The Hall–Kier alpha value is -0.900. The summed E-state index contributed by atoms with van der Waals surface area (Å²) in [5.74, 6) is 0.533. The minimum atomic E-state index is -0.471. The molecule has 0 aromatic carbocycles. The number of rotatable bonds is 2. The fourth-order valence-electron chi connectivity index (χ4n) is 5.29. The van der Waals surface area contributed by atoms with Gasteiger partial charge < -0.3 is 15.3 Å². The highest BCUT2D eigenvalue weighted by Gasteiger charge is 2.54. The average Bonchev–Trinajstić information content (AvgIpc) is 2.49. The van der Waals surface area contributed by atoms with Crippen LogP contribution in [0.5, 0.6) is 0 Å². The molecule has 2 saturated carbocycles. The van der Waals surface area contributed by atoms with E-state index in [4.69, 9.17) is 0 Å². The molecule has 22 heavy (non-hydrogen) atoms. The van der Waals surface area contributed by atoms with E-state index in [0.29, 0.717) is 12.8 Å². The number of aliphatic hydroxyl groups is 3. The third-order valence-corrected chi connectivity index (χ3v) is 6.56. The van der Waals surface area contributed by atoms with Gasteiger partial charge in [0.25, 0.3) is 0 Å². The van der Waals surface area contributed by atoms with Crippen molar-refractivity contribution >= 4 is 0 Å². The SMILES string of the molecule is C=CC1(CO)C=C2C(O)CC3C(=C)CC(O)CC3(C)C2CC1. The van der Waals surface area contributed by atoms with E-state index in [1.165, 1.54) is 0 Å². The smallest absolute Gasteiger partial charge is 0.0759 e. The summed E-state index contributed by atoms with van der Waals surface area (Å²) in [5, 5.41) is 30.7. The molecule has 0 amide bonds. The molecule has 0 saturated heterocycles. The van der Waals surface area contributed by atoms with Gasteiger partial charge in [-0.05, 0) is 54.9 Å². The number of hydrogen-bond acceptors (Lipinski definition) is 3. The van der Waals surface area contributed by atoms with E-state index in [1.54, 1.807) is 0 Å². The van der Waals surface area contributed by atoms with Crippen molar-refractivity contribution in [3.8, 4) is 0 Å². The van der Waals surface area contributed by atoms with Crippen molar-refractivity contribution in [1.82, 2.24) is 0 Å². The summed E-state index contributed by atoms with van der Waals surface area (Å²) in [6, 6.07) is 0. The molecule has 3 N–H and O–H groups in total. The third-order valence-electron chi connectivity index (χ3n) is 6.56. The fourth-order valence-corrected chi connectivity index (χ4v) is 5.29. The van der Waals surface area contributed by atoms with Crippen molar-refractivity contribution in [1.29, 1.82) is 0 Å². The lowest BCUT2D eigenvalue weighted by Crippen LogP contribution is -2.52. The van der Waals surface area contributed by atoms with Gasteiger partial charge in [-0.25, -0.2) is 0 Å². The average molecular weight is 304 g/mol. The van der Waals surface area contributed by atoms with Crippen LogP contribution in [0.1, 0.15) is 39.0 Å². The fraction of sp³-hybridized carbons (Fsp3) is 0.684. The molecule has 0 aromatic rings. The lowest BCUT2D eigenvalue weighted by atomic mass is 9.49. The molecular formula is C19H28O3. The normalized spacial score (nSPS) is 48.2. The Bertz CT molecular complexity index is 523. The van der Waals surface area contributed by atoms with Crippen LogP contribution in [0.2, 0.25) is 0 Å². The van der Waals surface area contributed by atoms with Gasteiger partial charge in [-0.15, -0.1) is 6.58 Å². The molecule has 0 heterocycles. The van der Waals surface area contributed by atoms with E-state index >= 15 is 0 Å². The summed E-state index contributed by atoms with van der Waals surface area (Å²) in [5.41, 5.74) is 1.69. The first-order valence-electron chi connectivity index (χ1n) is 8.36. The highest BCUT2D eigenvalue weighted by atomic mass is 16.3. The number of hydrogen-bond donors (Lipinski definition) is 3. The van der Waals surface area contributed by atoms with Crippen molar-refractivity contribution in [2.24, 2.45) is 22.7 Å². The minimum Gasteiger partial charge on any atom is -0.395 e. The van der Waals surface area contributed by atoms with E-state index in [2.05, 4.69) is 26.2 Å². The summed E-state index contributed by atoms with van der Waals surface area (Å²) in [7, 11) is 0. The van der Waals surface area contributed by atoms with Crippen LogP contribution in [0.25, 0.3) is 0 Å². The maximum atomic E-state index is 10.7. The van der Waals surface area contributed by atoms with E-state index < -0.39 is 11.5 Å². The van der Waals surface area contributed by atoms with Gasteiger partial charge in [0.2, 0.25) is 0 Å². The van der Waals surface area contributed by atoms with Crippen molar-refractivity contribution in [3.63, 3.8) is 0 Å². The first kappa shape index (κ1) is 16.0. The lowest BCUT2D eigenvalue weighted by Gasteiger charge is -2.57.